The van der Waals surface area contributed by atoms with Crippen LogP contribution in [-0.4, -0.2) is 170 Å². The normalized spacial score (nSPS) is 17.8. The van der Waals surface area contributed by atoms with Gasteiger partial charge in [0.05, 0.1) is 19.3 Å². The van der Waals surface area contributed by atoms with E-state index < -0.39 is 124 Å². The van der Waals surface area contributed by atoms with Crippen molar-refractivity contribution >= 4 is 32.2 Å². The minimum absolute atomic E-state index is 0.0187. The summed E-state index contributed by atoms with van der Waals surface area (Å²) in [7, 11) is -11.9. The fourth-order valence-electron chi connectivity index (χ4n) is 5.23. The molecule has 1 heterocycles. The van der Waals surface area contributed by atoms with Gasteiger partial charge in [-0.25, -0.2) is 0 Å². The summed E-state index contributed by atoms with van der Waals surface area (Å²) in [6.45, 7) is -0.935. The third kappa shape index (κ3) is 15.5. The van der Waals surface area contributed by atoms with Gasteiger partial charge in [0.25, 0.3) is 20.2 Å². The van der Waals surface area contributed by atoms with Crippen LogP contribution in [0.5, 0.6) is 0 Å². The van der Waals surface area contributed by atoms with E-state index in [1.165, 1.54) is 4.90 Å². The average molecular weight is 879 g/mol. The maximum Gasteiger partial charge on any atom is 0.438 e. The lowest BCUT2D eigenvalue weighted by atomic mass is 10.0. The van der Waals surface area contributed by atoms with E-state index in [9.17, 15) is 89.3 Å². The largest absolute Gasteiger partial charge is 0.438 e. The number of aliphatic hydroxyl groups excluding tert-OH is 2. The van der Waals surface area contributed by atoms with Gasteiger partial charge >= 0.3 is 47.8 Å². The molecule has 1 fully saturated rings. The van der Waals surface area contributed by atoms with Crippen LogP contribution >= 0.6 is 0 Å². The number of esters is 2. The molecule has 4 N–H and O–H groups in total. The first kappa shape index (κ1) is 50.7. The van der Waals surface area contributed by atoms with Gasteiger partial charge in [0.2, 0.25) is 0 Å². The highest BCUT2D eigenvalue weighted by Gasteiger charge is 2.77. The van der Waals surface area contributed by atoms with E-state index in [4.69, 9.17) is 13.8 Å². The second-order valence-corrected chi connectivity index (χ2v) is 15.2. The van der Waals surface area contributed by atoms with E-state index in [0.717, 1.165) is 0 Å². The van der Waals surface area contributed by atoms with Crippen molar-refractivity contribution in [3.8, 4) is 0 Å². The molecule has 0 aliphatic carbocycles. The Morgan fingerprint density at radius 1 is 0.727 bits per heavy atom. The van der Waals surface area contributed by atoms with Crippen LogP contribution in [0.15, 0.2) is 0 Å². The highest BCUT2D eigenvalue weighted by molar-refractivity contribution is 7.86. The van der Waals surface area contributed by atoms with Crippen LogP contribution in [0.4, 0.5) is 52.7 Å². The van der Waals surface area contributed by atoms with Gasteiger partial charge < -0.3 is 29.3 Å². The number of hydrogen-bond acceptors (Lipinski definition) is 13. The third-order valence-corrected chi connectivity index (χ3v) is 9.51. The van der Waals surface area contributed by atoms with Crippen LogP contribution in [0.25, 0.3) is 0 Å². The molecule has 0 saturated carbocycles. The lowest BCUT2D eigenvalue weighted by molar-refractivity contribution is -0.361. The van der Waals surface area contributed by atoms with Crippen molar-refractivity contribution in [2.75, 3.05) is 70.6 Å². The van der Waals surface area contributed by atoms with E-state index in [0.29, 0.717) is 6.42 Å². The molecule has 1 aliphatic rings. The number of alkyl halides is 12. The molecule has 0 aromatic rings. The van der Waals surface area contributed by atoms with E-state index in [2.05, 4.69) is 9.47 Å². The number of carbonyl (C=O) groups is 2. The first-order chi connectivity index (χ1) is 24.7. The van der Waals surface area contributed by atoms with Gasteiger partial charge in [0, 0.05) is 51.5 Å². The van der Waals surface area contributed by atoms with E-state index in [1.807, 2.05) is 0 Å². The average Bonchev–Trinajstić information content (AvgIpc) is 3.43. The summed E-state index contributed by atoms with van der Waals surface area (Å²) < 4.78 is 233. The Kier molecular flexibility index (Phi) is 17.9. The summed E-state index contributed by atoms with van der Waals surface area (Å²) in [5.74, 6) is -10.7. The first-order valence-corrected chi connectivity index (χ1v) is 18.8. The second kappa shape index (κ2) is 19.4. The van der Waals surface area contributed by atoms with Crippen LogP contribution in [0.2, 0.25) is 0 Å². The SMILES string of the molecule is O=C(CCCOCCN(CCO)CC(O)C1CCN(CCCC(=O)OC(CS(=O)(=O)O)(C(F)(F)F)C(F)(F)F)C1)OC(CS(=O)(=O)O)(C(F)(F)F)C(F)(F)F. The molecular weight excluding hydrogens is 840 g/mol. The van der Waals surface area contributed by atoms with Crippen molar-refractivity contribution in [1.82, 2.24) is 9.80 Å². The number of nitrogens with zero attached hydrogens (tertiary/aromatic N) is 2. The molecule has 15 nitrogen and oxygen atoms in total. The summed E-state index contributed by atoms with van der Waals surface area (Å²) in [6.07, 6.45) is -29.7. The van der Waals surface area contributed by atoms with Gasteiger partial charge in [-0.05, 0) is 32.4 Å². The maximum atomic E-state index is 13.4. The molecule has 2 atom stereocenters. The molecule has 0 spiro atoms. The Labute approximate surface area is 305 Å². The highest BCUT2D eigenvalue weighted by Crippen LogP contribution is 2.48. The molecule has 0 bridgehead atoms. The fraction of sp³-hybridized carbons (Fsp3) is 0.923. The zero-order valence-corrected chi connectivity index (χ0v) is 29.8. The Morgan fingerprint density at radius 3 is 1.56 bits per heavy atom. The van der Waals surface area contributed by atoms with Crippen molar-refractivity contribution in [1.29, 1.82) is 0 Å². The molecule has 29 heteroatoms. The Bertz CT molecular complexity index is 1450. The smallest absolute Gasteiger partial charge is 0.438 e. The second-order valence-electron chi connectivity index (χ2n) is 12.3. The lowest BCUT2D eigenvalue weighted by Gasteiger charge is -2.35. The molecule has 0 aromatic carbocycles. The van der Waals surface area contributed by atoms with Gasteiger partial charge in [-0.1, -0.05) is 0 Å². The van der Waals surface area contributed by atoms with Crippen molar-refractivity contribution < 1.29 is 113 Å². The summed E-state index contributed by atoms with van der Waals surface area (Å²) in [5.41, 5.74) is -11.1. The maximum absolute atomic E-state index is 13.4. The molecule has 0 radical (unpaired) electrons. The van der Waals surface area contributed by atoms with Gasteiger partial charge in [-0.3, -0.25) is 23.6 Å². The van der Waals surface area contributed by atoms with Crippen molar-refractivity contribution in [2.24, 2.45) is 5.92 Å². The number of hydrogen-bond donors (Lipinski definition) is 4. The predicted octanol–water partition coefficient (Wildman–Crippen LogP) is 2.13. The molecule has 0 aromatic heterocycles. The summed E-state index contributed by atoms with van der Waals surface area (Å²) in [6, 6.07) is 0. The number of rotatable bonds is 22. The van der Waals surface area contributed by atoms with Crippen molar-refractivity contribution in [3.05, 3.63) is 0 Å². The number of halogens is 12. The van der Waals surface area contributed by atoms with Crippen LogP contribution < -0.4 is 0 Å². The number of carbonyl (C=O) groups excluding carboxylic acids is 2. The Morgan fingerprint density at radius 2 is 1.16 bits per heavy atom. The standard InChI is InChI=1S/C26H38F12N2O13S2/c27-23(28,29)21(24(30,31)32,15-54(45,46)47)52-19(43)3-1-6-39-7-5-17(13-39)18(42)14-40(8-10-41)9-12-51-11-2-4-20(44)53-22(25(33,34)35,26(36,37)38)16-55(48,49)50/h17-18,41-42H,1-16H2,(H,45,46,47)(H,48,49,50). The van der Waals surface area contributed by atoms with Crippen LogP contribution in [0.3, 0.4) is 0 Å². The molecule has 2 unspecified atom stereocenters. The Balaban J connectivity index is 2.62. The predicted molar refractivity (Wildman–Crippen MR) is 158 cm³/mol. The van der Waals surface area contributed by atoms with Gasteiger partial charge in [-0.2, -0.15) is 69.5 Å². The molecular formula is C26H38F12N2O13S2. The monoisotopic (exact) mass is 878 g/mol. The summed E-state index contributed by atoms with van der Waals surface area (Å²) in [4.78, 5) is 26.9. The van der Waals surface area contributed by atoms with E-state index in [1.54, 1.807) is 4.90 Å². The fourth-order valence-corrected chi connectivity index (χ4v) is 7.03. The van der Waals surface area contributed by atoms with Gasteiger partial charge in [0.15, 0.2) is 0 Å². The molecule has 1 saturated heterocycles. The van der Waals surface area contributed by atoms with Crippen molar-refractivity contribution in [3.63, 3.8) is 0 Å². The van der Waals surface area contributed by atoms with Crippen molar-refractivity contribution in [2.45, 2.75) is 74.1 Å². The van der Waals surface area contributed by atoms with Crippen LogP contribution in [0.1, 0.15) is 32.1 Å². The van der Waals surface area contributed by atoms with Crippen LogP contribution in [0, 0.1) is 5.92 Å². The number of ether oxygens (including phenoxy) is 3. The highest BCUT2D eigenvalue weighted by atomic mass is 32.2. The lowest BCUT2D eigenvalue weighted by Crippen LogP contribution is -2.63. The molecule has 55 heavy (non-hydrogen) atoms. The summed E-state index contributed by atoms with van der Waals surface area (Å²) in [5, 5.41) is 20.1. The quantitative estimate of drug-likeness (QED) is 0.0531. The topological polar surface area (TPSA) is 218 Å². The zero-order valence-electron chi connectivity index (χ0n) is 28.2. The van der Waals surface area contributed by atoms with Gasteiger partial charge in [0.1, 0.15) is 11.5 Å². The molecule has 1 aliphatic heterocycles. The third-order valence-electron chi connectivity index (χ3n) is 7.97. The Hall–Kier alpha value is -2.28. The molecule has 1 rings (SSSR count). The van der Waals surface area contributed by atoms with E-state index in [-0.39, 0.29) is 52.3 Å². The molecule has 0 amide bonds. The van der Waals surface area contributed by atoms with Crippen LogP contribution in [-0.2, 0) is 44.0 Å². The van der Waals surface area contributed by atoms with E-state index >= 15 is 0 Å². The molecule has 326 valence electrons. The zero-order chi connectivity index (χ0) is 42.9. The minimum Gasteiger partial charge on any atom is -0.438 e. The minimum atomic E-state index is -6.49. The first-order valence-electron chi connectivity index (χ1n) is 15.6. The van der Waals surface area contributed by atoms with Gasteiger partial charge in [-0.15, -0.1) is 0 Å². The summed E-state index contributed by atoms with van der Waals surface area (Å²) >= 11 is 0. The number of aliphatic hydroxyl groups is 2. The number of likely N-dealkylation sites (tertiary alicyclic amines) is 1.